The van der Waals surface area contributed by atoms with Gasteiger partial charge in [0.2, 0.25) is 0 Å². The van der Waals surface area contributed by atoms with Crippen LogP contribution in [0.5, 0.6) is 5.75 Å². The number of nitrogens with zero attached hydrogens (tertiary/aromatic N) is 1. The molecule has 0 aliphatic carbocycles. The third kappa shape index (κ3) is 3.30. The van der Waals surface area contributed by atoms with Gasteiger partial charge in [-0.05, 0) is 35.9 Å². The fourth-order valence-electron chi connectivity index (χ4n) is 2.61. The first-order valence-electron chi connectivity index (χ1n) is 7.47. The van der Waals surface area contributed by atoms with Crippen LogP contribution < -0.4 is 9.64 Å². The number of carbonyl (C=O) groups is 3. The van der Waals surface area contributed by atoms with E-state index in [9.17, 15) is 14.4 Å². The van der Waals surface area contributed by atoms with Crippen molar-refractivity contribution in [1.29, 1.82) is 0 Å². The lowest BCUT2D eigenvalue weighted by atomic mass is 10.1. The largest absolute Gasteiger partial charge is 0.482 e. The smallest absolute Gasteiger partial charge is 0.337 e. The number of carboxylic acid groups (broad SMARTS) is 1. The number of esters is 1. The Morgan fingerprint density at radius 2 is 2.00 bits per heavy atom. The molecule has 3 rings (SSSR count). The molecule has 1 N–H and O–H groups in total. The topological polar surface area (TPSA) is 93.1 Å². The van der Waals surface area contributed by atoms with E-state index in [-0.39, 0.29) is 24.6 Å². The SMILES string of the molecule is COC(=O)c1ccc2c(c1)N(Cc1cccc(C(=O)O)c1)C(=O)CO2. The quantitative estimate of drug-likeness (QED) is 0.856. The summed E-state index contributed by atoms with van der Waals surface area (Å²) >= 11 is 0. The van der Waals surface area contributed by atoms with Crippen molar-refractivity contribution in [3.8, 4) is 5.75 Å². The minimum absolute atomic E-state index is 0.122. The number of aromatic carboxylic acids is 1. The monoisotopic (exact) mass is 341 g/mol. The van der Waals surface area contributed by atoms with Crippen LogP contribution in [-0.4, -0.2) is 36.7 Å². The third-order valence-electron chi connectivity index (χ3n) is 3.84. The maximum Gasteiger partial charge on any atom is 0.337 e. The number of rotatable bonds is 4. The summed E-state index contributed by atoms with van der Waals surface area (Å²) in [5.74, 6) is -1.37. The zero-order chi connectivity index (χ0) is 18.0. The molecule has 1 aliphatic rings. The van der Waals surface area contributed by atoms with Crippen molar-refractivity contribution >= 4 is 23.5 Å². The molecule has 1 amide bonds. The van der Waals surface area contributed by atoms with Gasteiger partial charge in [-0.2, -0.15) is 0 Å². The van der Waals surface area contributed by atoms with Crippen molar-refractivity contribution in [2.24, 2.45) is 0 Å². The molecule has 128 valence electrons. The molecule has 7 nitrogen and oxygen atoms in total. The van der Waals surface area contributed by atoms with E-state index >= 15 is 0 Å². The Morgan fingerprint density at radius 3 is 2.72 bits per heavy atom. The van der Waals surface area contributed by atoms with Gasteiger partial charge >= 0.3 is 11.9 Å². The van der Waals surface area contributed by atoms with E-state index in [1.54, 1.807) is 24.3 Å². The summed E-state index contributed by atoms with van der Waals surface area (Å²) in [4.78, 5) is 36.6. The first-order valence-corrected chi connectivity index (χ1v) is 7.47. The second kappa shape index (κ2) is 6.64. The number of carbonyl (C=O) groups excluding carboxylic acids is 2. The number of carboxylic acids is 1. The van der Waals surface area contributed by atoms with Crippen molar-refractivity contribution in [2.75, 3.05) is 18.6 Å². The molecule has 7 heteroatoms. The summed E-state index contributed by atoms with van der Waals surface area (Å²) in [7, 11) is 1.28. The molecule has 0 unspecified atom stereocenters. The van der Waals surface area contributed by atoms with Crippen LogP contribution in [0.25, 0.3) is 0 Å². The van der Waals surface area contributed by atoms with Gasteiger partial charge in [-0.25, -0.2) is 9.59 Å². The van der Waals surface area contributed by atoms with Gasteiger partial charge in [-0.3, -0.25) is 4.79 Å². The van der Waals surface area contributed by atoms with E-state index in [1.165, 1.54) is 30.2 Å². The van der Waals surface area contributed by atoms with Crippen molar-refractivity contribution < 1.29 is 29.0 Å². The van der Waals surface area contributed by atoms with Gasteiger partial charge in [-0.15, -0.1) is 0 Å². The van der Waals surface area contributed by atoms with Crippen LogP contribution in [0, 0.1) is 0 Å². The predicted octanol–water partition coefficient (Wildman–Crippen LogP) is 2.10. The molecule has 0 spiro atoms. The lowest BCUT2D eigenvalue weighted by molar-refractivity contribution is -0.121. The maximum absolute atomic E-state index is 12.3. The third-order valence-corrected chi connectivity index (χ3v) is 3.84. The Labute approximate surface area is 143 Å². The van der Waals surface area contributed by atoms with Crippen LogP contribution in [-0.2, 0) is 16.1 Å². The Hall–Kier alpha value is -3.35. The molecule has 2 aromatic rings. The Bertz CT molecular complexity index is 860. The van der Waals surface area contributed by atoms with Crippen LogP contribution >= 0.6 is 0 Å². The van der Waals surface area contributed by atoms with Gasteiger partial charge in [0.15, 0.2) is 6.61 Å². The van der Waals surface area contributed by atoms with E-state index in [2.05, 4.69) is 0 Å². The molecule has 0 atom stereocenters. The highest BCUT2D eigenvalue weighted by Gasteiger charge is 2.27. The number of fused-ring (bicyclic) bond motifs is 1. The molecule has 2 aromatic carbocycles. The van der Waals surface area contributed by atoms with Crippen molar-refractivity contribution in [1.82, 2.24) is 0 Å². The summed E-state index contributed by atoms with van der Waals surface area (Å²) in [5, 5.41) is 9.10. The van der Waals surface area contributed by atoms with Crippen molar-refractivity contribution in [2.45, 2.75) is 6.54 Å². The number of anilines is 1. The van der Waals surface area contributed by atoms with Crippen LogP contribution in [0.15, 0.2) is 42.5 Å². The van der Waals surface area contributed by atoms with E-state index in [1.807, 2.05) is 0 Å². The molecular formula is C18H15NO6. The molecule has 1 heterocycles. The Kier molecular flexibility index (Phi) is 4.38. The molecule has 0 saturated carbocycles. The van der Waals surface area contributed by atoms with Crippen LogP contribution in [0.4, 0.5) is 5.69 Å². The molecule has 0 bridgehead atoms. The van der Waals surface area contributed by atoms with Crippen molar-refractivity contribution in [3.05, 3.63) is 59.2 Å². The second-order valence-electron chi connectivity index (χ2n) is 5.45. The summed E-state index contributed by atoms with van der Waals surface area (Å²) in [6, 6.07) is 11.0. The number of hydrogen-bond acceptors (Lipinski definition) is 5. The van der Waals surface area contributed by atoms with Gasteiger partial charge in [0.25, 0.3) is 5.91 Å². The number of benzene rings is 2. The zero-order valence-electron chi connectivity index (χ0n) is 13.4. The van der Waals surface area contributed by atoms with Crippen LogP contribution in [0.1, 0.15) is 26.3 Å². The van der Waals surface area contributed by atoms with Gasteiger partial charge < -0.3 is 19.5 Å². The van der Waals surface area contributed by atoms with E-state index in [0.29, 0.717) is 22.6 Å². The molecule has 1 aliphatic heterocycles. The first kappa shape index (κ1) is 16.5. The molecule has 0 fully saturated rings. The van der Waals surface area contributed by atoms with Crippen LogP contribution in [0.2, 0.25) is 0 Å². The van der Waals surface area contributed by atoms with E-state index in [4.69, 9.17) is 14.6 Å². The van der Waals surface area contributed by atoms with E-state index < -0.39 is 11.9 Å². The minimum Gasteiger partial charge on any atom is -0.482 e. The maximum atomic E-state index is 12.3. The van der Waals surface area contributed by atoms with E-state index in [0.717, 1.165) is 0 Å². The molecule has 25 heavy (non-hydrogen) atoms. The number of amides is 1. The van der Waals surface area contributed by atoms with Gasteiger partial charge in [0.05, 0.1) is 30.5 Å². The Balaban J connectivity index is 1.97. The lowest BCUT2D eigenvalue weighted by Gasteiger charge is -2.29. The number of ether oxygens (including phenoxy) is 2. The standard InChI is InChI=1S/C18H15NO6/c1-24-18(23)13-5-6-15-14(8-13)19(16(20)10-25-15)9-11-3-2-4-12(7-11)17(21)22/h2-8H,9-10H2,1H3,(H,21,22). The van der Waals surface area contributed by atoms with Crippen molar-refractivity contribution in [3.63, 3.8) is 0 Å². The average Bonchev–Trinajstić information content (AvgIpc) is 2.63. The van der Waals surface area contributed by atoms with Gasteiger partial charge in [0, 0.05) is 0 Å². The summed E-state index contributed by atoms with van der Waals surface area (Å²) in [5.41, 5.74) is 1.54. The fraction of sp³-hybridized carbons (Fsp3) is 0.167. The highest BCUT2D eigenvalue weighted by Crippen LogP contribution is 2.34. The molecular weight excluding hydrogens is 326 g/mol. The normalized spacial score (nSPS) is 13.0. The summed E-state index contributed by atoms with van der Waals surface area (Å²) in [6.45, 7) is 0.0458. The second-order valence-corrected chi connectivity index (χ2v) is 5.45. The minimum atomic E-state index is -1.04. The molecule has 0 aromatic heterocycles. The lowest BCUT2D eigenvalue weighted by Crippen LogP contribution is -2.38. The highest BCUT2D eigenvalue weighted by molar-refractivity contribution is 6.00. The average molecular weight is 341 g/mol. The predicted molar refractivity (Wildman–Crippen MR) is 87.9 cm³/mol. The fourth-order valence-corrected chi connectivity index (χ4v) is 2.61. The van der Waals surface area contributed by atoms with Gasteiger partial charge in [-0.1, -0.05) is 12.1 Å². The first-order chi connectivity index (χ1) is 12.0. The number of hydrogen-bond donors (Lipinski definition) is 1. The Morgan fingerprint density at radius 1 is 1.20 bits per heavy atom. The number of methoxy groups -OCH3 is 1. The summed E-state index contributed by atoms with van der Waals surface area (Å²) < 4.78 is 10.1. The summed E-state index contributed by atoms with van der Waals surface area (Å²) in [6.07, 6.45) is 0. The zero-order valence-corrected chi connectivity index (χ0v) is 13.4. The van der Waals surface area contributed by atoms with Gasteiger partial charge in [0.1, 0.15) is 5.75 Å². The van der Waals surface area contributed by atoms with Crippen LogP contribution in [0.3, 0.4) is 0 Å². The highest BCUT2D eigenvalue weighted by atomic mass is 16.5. The molecule has 0 saturated heterocycles. The molecule has 0 radical (unpaired) electrons.